The maximum atomic E-state index is 12.7. The first-order valence-corrected chi connectivity index (χ1v) is 13.3. The van der Waals surface area contributed by atoms with Gasteiger partial charge in [-0.3, -0.25) is 9.36 Å². The van der Waals surface area contributed by atoms with E-state index in [9.17, 15) is 4.79 Å². The van der Waals surface area contributed by atoms with Crippen LogP contribution in [-0.4, -0.2) is 37.9 Å². The number of carbonyl (C=O) groups is 1. The molecule has 0 fully saturated rings. The largest absolute Gasteiger partial charge is 0.338 e. The number of benzene rings is 3. The predicted octanol–water partition coefficient (Wildman–Crippen LogP) is 5.71. The highest BCUT2D eigenvalue weighted by molar-refractivity contribution is 7.99. The Morgan fingerprint density at radius 3 is 2.34 bits per heavy atom. The van der Waals surface area contributed by atoms with Gasteiger partial charge in [0.05, 0.1) is 0 Å². The first kappa shape index (κ1) is 23.4. The van der Waals surface area contributed by atoms with Gasteiger partial charge in [0.1, 0.15) is 5.82 Å². The Hall–Kier alpha value is -3.38. The Labute approximate surface area is 211 Å². The standard InChI is InChI=1S/C29H30N4OS/c34-28(32-19-18-24-13-7-8-14-25(24)22-32)17-9-10-20-35-29-31-30-27(21-23-11-3-1-4-12-23)33(29)26-15-5-2-6-16-26/h1-8,11-16H,9-10,17-22H2. The van der Waals surface area contributed by atoms with Crippen LogP contribution in [0.5, 0.6) is 0 Å². The molecule has 0 atom stereocenters. The molecule has 3 aromatic carbocycles. The maximum Gasteiger partial charge on any atom is 0.222 e. The van der Waals surface area contributed by atoms with Gasteiger partial charge in [0.25, 0.3) is 0 Å². The molecule has 0 bridgehead atoms. The van der Waals surface area contributed by atoms with Gasteiger partial charge in [-0.1, -0.05) is 84.6 Å². The lowest BCUT2D eigenvalue weighted by molar-refractivity contribution is -0.132. The van der Waals surface area contributed by atoms with Crippen molar-refractivity contribution in [2.24, 2.45) is 0 Å². The van der Waals surface area contributed by atoms with Gasteiger partial charge in [-0.2, -0.15) is 0 Å². The zero-order chi connectivity index (χ0) is 23.9. The van der Waals surface area contributed by atoms with Crippen LogP contribution in [0.15, 0.2) is 90.1 Å². The van der Waals surface area contributed by atoms with Crippen LogP contribution in [-0.2, 0) is 24.2 Å². The minimum atomic E-state index is 0.266. The minimum Gasteiger partial charge on any atom is -0.338 e. The van der Waals surface area contributed by atoms with Crippen molar-refractivity contribution in [3.05, 3.63) is 107 Å². The van der Waals surface area contributed by atoms with Crippen molar-refractivity contribution in [1.29, 1.82) is 0 Å². The number of para-hydroxylation sites is 1. The molecule has 0 radical (unpaired) electrons. The van der Waals surface area contributed by atoms with Crippen LogP contribution < -0.4 is 0 Å². The van der Waals surface area contributed by atoms with Gasteiger partial charge < -0.3 is 4.90 Å². The SMILES string of the molecule is O=C(CCCCSc1nnc(Cc2ccccc2)n1-c1ccccc1)N1CCc2ccccc2C1. The van der Waals surface area contributed by atoms with E-state index in [1.54, 1.807) is 11.8 Å². The highest BCUT2D eigenvalue weighted by atomic mass is 32.2. The molecule has 5 rings (SSSR count). The molecule has 4 aromatic rings. The summed E-state index contributed by atoms with van der Waals surface area (Å²) in [6, 6.07) is 29.1. The highest BCUT2D eigenvalue weighted by Gasteiger charge is 2.20. The average Bonchev–Trinajstić information content (AvgIpc) is 3.31. The second-order valence-electron chi connectivity index (χ2n) is 8.87. The van der Waals surface area contributed by atoms with Crippen molar-refractivity contribution in [2.45, 2.75) is 43.8 Å². The molecule has 178 valence electrons. The summed E-state index contributed by atoms with van der Waals surface area (Å²) in [4.78, 5) is 14.8. The number of fused-ring (bicyclic) bond motifs is 1. The number of hydrogen-bond acceptors (Lipinski definition) is 4. The van der Waals surface area contributed by atoms with Gasteiger partial charge in [0.15, 0.2) is 5.16 Å². The van der Waals surface area contributed by atoms with Gasteiger partial charge >= 0.3 is 0 Å². The topological polar surface area (TPSA) is 51.0 Å². The Bertz CT molecular complexity index is 1260. The lowest BCUT2D eigenvalue weighted by atomic mass is 9.99. The van der Waals surface area contributed by atoms with Crippen LogP contribution in [0.2, 0.25) is 0 Å². The monoisotopic (exact) mass is 482 g/mol. The molecule has 0 spiro atoms. The van der Waals surface area contributed by atoms with E-state index in [0.717, 1.165) is 61.2 Å². The molecule has 1 aromatic heterocycles. The molecule has 0 aliphatic carbocycles. The predicted molar refractivity (Wildman–Crippen MR) is 141 cm³/mol. The van der Waals surface area contributed by atoms with Crippen LogP contribution in [0.3, 0.4) is 0 Å². The average molecular weight is 483 g/mol. The van der Waals surface area contributed by atoms with Gasteiger partial charge in [0, 0.05) is 37.4 Å². The quantitative estimate of drug-likeness (QED) is 0.227. The number of nitrogens with zero attached hydrogens (tertiary/aromatic N) is 4. The summed E-state index contributed by atoms with van der Waals surface area (Å²) in [6.07, 6.45) is 4.15. The van der Waals surface area contributed by atoms with Crippen molar-refractivity contribution >= 4 is 17.7 Å². The molecule has 5 nitrogen and oxygen atoms in total. The van der Waals surface area contributed by atoms with Crippen molar-refractivity contribution in [3.63, 3.8) is 0 Å². The molecular weight excluding hydrogens is 452 g/mol. The smallest absolute Gasteiger partial charge is 0.222 e. The Morgan fingerprint density at radius 1 is 0.829 bits per heavy atom. The summed E-state index contributed by atoms with van der Waals surface area (Å²) in [5.41, 5.74) is 4.95. The lowest BCUT2D eigenvalue weighted by Gasteiger charge is -2.29. The Morgan fingerprint density at radius 2 is 1.54 bits per heavy atom. The van der Waals surface area contributed by atoms with Crippen LogP contribution in [0.1, 0.15) is 41.8 Å². The van der Waals surface area contributed by atoms with Crippen LogP contribution in [0, 0.1) is 0 Å². The fourth-order valence-corrected chi connectivity index (χ4v) is 5.50. The molecule has 1 aliphatic heterocycles. The molecule has 0 unspecified atom stereocenters. The molecular formula is C29H30N4OS. The van der Waals surface area contributed by atoms with E-state index in [0.29, 0.717) is 6.42 Å². The molecule has 1 amide bonds. The summed E-state index contributed by atoms with van der Waals surface area (Å²) in [5, 5.41) is 9.95. The molecule has 6 heteroatoms. The first-order valence-electron chi connectivity index (χ1n) is 12.3. The fourth-order valence-electron chi connectivity index (χ4n) is 4.53. The van der Waals surface area contributed by atoms with E-state index in [2.05, 4.69) is 75.4 Å². The molecule has 0 saturated carbocycles. The summed E-state index contributed by atoms with van der Waals surface area (Å²) < 4.78 is 2.16. The summed E-state index contributed by atoms with van der Waals surface area (Å²) in [7, 11) is 0. The number of aromatic nitrogens is 3. The Balaban J connectivity index is 1.16. The summed E-state index contributed by atoms with van der Waals surface area (Å²) >= 11 is 1.72. The van der Waals surface area contributed by atoms with Crippen molar-refractivity contribution in [2.75, 3.05) is 12.3 Å². The van der Waals surface area contributed by atoms with Crippen LogP contribution >= 0.6 is 11.8 Å². The second-order valence-corrected chi connectivity index (χ2v) is 9.93. The zero-order valence-electron chi connectivity index (χ0n) is 19.8. The third-order valence-corrected chi connectivity index (χ3v) is 7.43. The molecule has 2 heterocycles. The normalized spacial score (nSPS) is 13.0. The molecule has 1 aliphatic rings. The van der Waals surface area contributed by atoms with Gasteiger partial charge in [-0.05, 0) is 48.1 Å². The maximum absolute atomic E-state index is 12.7. The molecule has 0 N–H and O–H groups in total. The fraction of sp³-hybridized carbons (Fsp3) is 0.276. The minimum absolute atomic E-state index is 0.266. The van der Waals surface area contributed by atoms with Gasteiger partial charge in [0.2, 0.25) is 5.91 Å². The van der Waals surface area contributed by atoms with E-state index in [1.807, 2.05) is 29.2 Å². The number of unbranched alkanes of at least 4 members (excludes halogenated alkanes) is 1. The van der Waals surface area contributed by atoms with E-state index >= 15 is 0 Å². The number of rotatable bonds is 9. The lowest BCUT2D eigenvalue weighted by Crippen LogP contribution is -2.35. The van der Waals surface area contributed by atoms with Crippen LogP contribution in [0.4, 0.5) is 0 Å². The van der Waals surface area contributed by atoms with E-state index in [4.69, 9.17) is 0 Å². The summed E-state index contributed by atoms with van der Waals surface area (Å²) in [5.74, 6) is 2.11. The van der Waals surface area contributed by atoms with Crippen molar-refractivity contribution < 1.29 is 4.79 Å². The van der Waals surface area contributed by atoms with E-state index in [-0.39, 0.29) is 5.91 Å². The van der Waals surface area contributed by atoms with E-state index < -0.39 is 0 Å². The number of amides is 1. The van der Waals surface area contributed by atoms with Crippen molar-refractivity contribution in [3.8, 4) is 5.69 Å². The summed E-state index contributed by atoms with van der Waals surface area (Å²) in [6.45, 7) is 1.57. The molecule has 35 heavy (non-hydrogen) atoms. The third-order valence-electron chi connectivity index (χ3n) is 6.42. The second kappa shape index (κ2) is 11.4. The van der Waals surface area contributed by atoms with E-state index in [1.165, 1.54) is 16.7 Å². The van der Waals surface area contributed by atoms with Crippen LogP contribution in [0.25, 0.3) is 5.69 Å². The highest BCUT2D eigenvalue weighted by Crippen LogP contribution is 2.25. The number of carbonyl (C=O) groups excluding carboxylic acids is 1. The van der Waals surface area contributed by atoms with Gasteiger partial charge in [-0.15, -0.1) is 10.2 Å². The first-order chi connectivity index (χ1) is 17.3. The zero-order valence-corrected chi connectivity index (χ0v) is 20.7. The van der Waals surface area contributed by atoms with Crippen molar-refractivity contribution in [1.82, 2.24) is 19.7 Å². The number of thioether (sulfide) groups is 1. The molecule has 0 saturated heterocycles. The van der Waals surface area contributed by atoms with Gasteiger partial charge in [-0.25, -0.2) is 0 Å². The Kier molecular flexibility index (Phi) is 7.59. The number of hydrogen-bond donors (Lipinski definition) is 0. The third kappa shape index (κ3) is 5.82.